The zero-order valence-corrected chi connectivity index (χ0v) is 13.2. The first kappa shape index (κ1) is 13.4. The second-order valence-corrected chi connectivity index (χ2v) is 7.40. The highest BCUT2D eigenvalue weighted by molar-refractivity contribution is 6.61. The minimum absolute atomic E-state index is 0.297. The highest BCUT2D eigenvalue weighted by atomic mass is 16.7. The first-order valence-electron chi connectivity index (χ1n) is 7.84. The summed E-state index contributed by atoms with van der Waals surface area (Å²) in [4.78, 5) is 3.55. The van der Waals surface area contributed by atoms with Gasteiger partial charge in [-0.1, -0.05) is 18.2 Å². The largest absolute Gasteiger partial charge is 0.512 e. The van der Waals surface area contributed by atoms with Crippen LogP contribution in [0.1, 0.15) is 52.0 Å². The molecule has 0 spiro atoms. The smallest absolute Gasteiger partial charge is 0.398 e. The third-order valence-electron chi connectivity index (χ3n) is 5.23. The van der Waals surface area contributed by atoms with Crippen LogP contribution in [0, 0.1) is 0 Å². The van der Waals surface area contributed by atoms with E-state index in [9.17, 15) is 0 Å². The number of para-hydroxylation sites is 1. The van der Waals surface area contributed by atoms with Crippen LogP contribution < -0.4 is 5.59 Å². The molecule has 3 nitrogen and oxygen atoms in total. The third-order valence-corrected chi connectivity index (χ3v) is 5.23. The zero-order chi connectivity index (χ0) is 14.8. The summed E-state index contributed by atoms with van der Waals surface area (Å²) >= 11 is 0. The van der Waals surface area contributed by atoms with Gasteiger partial charge in [0.2, 0.25) is 0 Å². The number of benzene rings is 1. The van der Waals surface area contributed by atoms with Crippen molar-refractivity contribution in [3.63, 3.8) is 0 Å². The minimum atomic E-state index is -0.311. The van der Waals surface area contributed by atoms with Gasteiger partial charge in [0.05, 0.1) is 11.2 Å². The van der Waals surface area contributed by atoms with Crippen LogP contribution in [-0.2, 0) is 9.31 Å². The quantitative estimate of drug-likeness (QED) is 0.858. The lowest BCUT2D eigenvalue weighted by atomic mass is 9.85. The lowest BCUT2D eigenvalue weighted by Gasteiger charge is -2.32. The van der Waals surface area contributed by atoms with Gasteiger partial charge < -0.3 is 14.3 Å². The first-order valence-corrected chi connectivity index (χ1v) is 7.84. The van der Waals surface area contributed by atoms with Crippen LogP contribution in [-0.4, -0.2) is 23.3 Å². The molecule has 2 aromatic rings. The fourth-order valence-electron chi connectivity index (χ4n) is 3.03. The van der Waals surface area contributed by atoms with Crippen LogP contribution >= 0.6 is 0 Å². The predicted octanol–water partition coefficient (Wildman–Crippen LogP) is 3.34. The molecule has 21 heavy (non-hydrogen) atoms. The van der Waals surface area contributed by atoms with Crippen LogP contribution in [0.5, 0.6) is 0 Å². The number of fused-ring (bicyclic) bond motifs is 1. The maximum Gasteiger partial charge on any atom is 0.512 e. The highest BCUT2D eigenvalue weighted by Gasteiger charge is 2.52. The molecule has 2 heterocycles. The van der Waals surface area contributed by atoms with Crippen molar-refractivity contribution in [3.8, 4) is 0 Å². The maximum atomic E-state index is 6.14. The molecular formula is C17H22BNO2. The summed E-state index contributed by atoms with van der Waals surface area (Å²) in [5.41, 5.74) is 3.12. The summed E-state index contributed by atoms with van der Waals surface area (Å²) in [5.74, 6) is 0.735. The van der Waals surface area contributed by atoms with Gasteiger partial charge in [-0.3, -0.25) is 0 Å². The minimum Gasteiger partial charge on any atom is -0.398 e. The Balaban J connectivity index is 1.74. The Morgan fingerprint density at radius 1 is 1.10 bits per heavy atom. The lowest BCUT2D eigenvalue weighted by Crippen LogP contribution is -2.41. The van der Waals surface area contributed by atoms with Crippen LogP contribution in [0.4, 0.5) is 0 Å². The van der Waals surface area contributed by atoms with Crippen molar-refractivity contribution in [2.75, 3.05) is 0 Å². The summed E-state index contributed by atoms with van der Waals surface area (Å²) in [6, 6.07) is 8.72. The SMILES string of the molecule is CC1(C)OB(c2cc3cccc(C4CC4)c3[nH]2)OC1(C)C. The molecule has 1 aliphatic carbocycles. The van der Waals surface area contributed by atoms with E-state index in [-0.39, 0.29) is 18.3 Å². The fraction of sp³-hybridized carbons (Fsp3) is 0.529. The Morgan fingerprint density at radius 2 is 1.76 bits per heavy atom. The van der Waals surface area contributed by atoms with E-state index >= 15 is 0 Å². The standard InChI is InChI=1S/C17H22BNO2/c1-16(2)17(3,4)21-18(20-16)14-10-12-6-5-7-13(11-8-9-11)15(12)19-14/h5-7,10-11,19H,8-9H2,1-4H3. The Morgan fingerprint density at radius 3 is 2.38 bits per heavy atom. The molecule has 0 bridgehead atoms. The molecule has 110 valence electrons. The van der Waals surface area contributed by atoms with E-state index in [1.165, 1.54) is 29.3 Å². The predicted molar refractivity (Wildman–Crippen MR) is 86.0 cm³/mol. The monoisotopic (exact) mass is 283 g/mol. The van der Waals surface area contributed by atoms with Gasteiger partial charge >= 0.3 is 7.12 Å². The van der Waals surface area contributed by atoms with E-state index in [0.29, 0.717) is 0 Å². The summed E-state index contributed by atoms with van der Waals surface area (Å²) in [6.07, 6.45) is 2.62. The van der Waals surface area contributed by atoms with Gasteiger partial charge in [0.1, 0.15) is 0 Å². The molecular weight excluding hydrogens is 261 g/mol. The van der Waals surface area contributed by atoms with E-state index in [2.05, 4.69) is 56.9 Å². The van der Waals surface area contributed by atoms with Crippen LogP contribution in [0.3, 0.4) is 0 Å². The molecule has 1 aromatic carbocycles. The van der Waals surface area contributed by atoms with Crippen molar-refractivity contribution in [3.05, 3.63) is 29.8 Å². The summed E-state index contributed by atoms with van der Waals surface area (Å²) < 4.78 is 12.3. The molecule has 2 fully saturated rings. The molecule has 1 saturated carbocycles. The van der Waals surface area contributed by atoms with E-state index in [0.717, 1.165) is 11.5 Å². The second-order valence-electron chi connectivity index (χ2n) is 7.40. The van der Waals surface area contributed by atoms with Gasteiger partial charge in [0.25, 0.3) is 0 Å². The number of hydrogen-bond donors (Lipinski definition) is 1. The Hall–Kier alpha value is -1.26. The Bertz CT molecular complexity index is 684. The highest BCUT2D eigenvalue weighted by Crippen LogP contribution is 2.43. The number of aromatic amines is 1. The number of rotatable bonds is 2. The number of aromatic nitrogens is 1. The van der Waals surface area contributed by atoms with E-state index in [1.54, 1.807) is 0 Å². The fourth-order valence-corrected chi connectivity index (χ4v) is 3.03. The average Bonchev–Trinajstić information content (AvgIpc) is 3.09. The molecule has 4 rings (SSSR count). The van der Waals surface area contributed by atoms with E-state index in [1.807, 2.05) is 0 Å². The normalized spacial score (nSPS) is 23.9. The van der Waals surface area contributed by atoms with Gasteiger partial charge in [-0.05, 0) is 63.5 Å². The molecule has 0 unspecified atom stereocenters. The van der Waals surface area contributed by atoms with Crippen molar-refractivity contribution in [2.24, 2.45) is 0 Å². The maximum absolute atomic E-state index is 6.14. The Labute approximate surface area is 126 Å². The van der Waals surface area contributed by atoms with Crippen molar-refractivity contribution >= 4 is 23.6 Å². The number of hydrogen-bond acceptors (Lipinski definition) is 2. The summed E-state index contributed by atoms with van der Waals surface area (Å²) in [6.45, 7) is 8.35. The molecule has 0 amide bonds. The molecule has 1 aliphatic heterocycles. The second kappa shape index (κ2) is 4.14. The van der Waals surface area contributed by atoms with Crippen molar-refractivity contribution in [1.29, 1.82) is 0 Å². The van der Waals surface area contributed by atoms with Crippen molar-refractivity contribution < 1.29 is 9.31 Å². The van der Waals surface area contributed by atoms with Gasteiger partial charge in [-0.2, -0.15) is 0 Å². The number of H-pyrrole nitrogens is 1. The van der Waals surface area contributed by atoms with E-state index in [4.69, 9.17) is 9.31 Å². The summed E-state index contributed by atoms with van der Waals surface area (Å²) in [5, 5.41) is 1.25. The third kappa shape index (κ3) is 2.04. The van der Waals surface area contributed by atoms with E-state index < -0.39 is 0 Å². The Kier molecular flexibility index (Phi) is 2.65. The van der Waals surface area contributed by atoms with Crippen molar-refractivity contribution in [1.82, 2.24) is 4.98 Å². The molecule has 4 heteroatoms. The first-order chi connectivity index (χ1) is 9.87. The molecule has 0 atom stereocenters. The van der Waals surface area contributed by atoms with Gasteiger partial charge in [-0.25, -0.2) is 0 Å². The molecule has 2 aliphatic rings. The summed E-state index contributed by atoms with van der Waals surface area (Å²) in [7, 11) is -0.311. The van der Waals surface area contributed by atoms with Crippen LogP contribution in [0.15, 0.2) is 24.3 Å². The van der Waals surface area contributed by atoms with Crippen molar-refractivity contribution in [2.45, 2.75) is 57.7 Å². The van der Waals surface area contributed by atoms with Gasteiger partial charge in [0, 0.05) is 11.1 Å². The van der Waals surface area contributed by atoms with Gasteiger partial charge in [-0.15, -0.1) is 0 Å². The number of nitrogens with one attached hydrogen (secondary N) is 1. The molecule has 1 N–H and O–H groups in total. The molecule has 0 radical (unpaired) electrons. The van der Waals surface area contributed by atoms with Crippen LogP contribution in [0.2, 0.25) is 0 Å². The van der Waals surface area contributed by atoms with Crippen LogP contribution in [0.25, 0.3) is 10.9 Å². The molecule has 1 saturated heterocycles. The van der Waals surface area contributed by atoms with Gasteiger partial charge in [0.15, 0.2) is 0 Å². The molecule has 1 aromatic heterocycles. The lowest BCUT2D eigenvalue weighted by molar-refractivity contribution is 0.00578. The average molecular weight is 283 g/mol. The zero-order valence-electron chi connectivity index (χ0n) is 13.2. The topological polar surface area (TPSA) is 34.2 Å².